The van der Waals surface area contributed by atoms with Gasteiger partial charge >= 0.3 is 0 Å². The number of ether oxygens (including phenoxy) is 1. The number of aromatic nitrogens is 5. The minimum absolute atomic E-state index is 0.0127. The van der Waals surface area contributed by atoms with Crippen LogP contribution >= 0.6 is 11.6 Å². The first-order valence-corrected chi connectivity index (χ1v) is 14.4. The van der Waals surface area contributed by atoms with E-state index in [1.54, 1.807) is 21.8 Å². The molecule has 2 unspecified atom stereocenters. The molecule has 42 heavy (non-hydrogen) atoms. The second kappa shape index (κ2) is 10.6. The third-order valence-corrected chi connectivity index (χ3v) is 8.66. The Hall–Kier alpha value is -4.09. The van der Waals surface area contributed by atoms with Gasteiger partial charge in [-0.1, -0.05) is 17.7 Å². The Kier molecular flexibility index (Phi) is 6.78. The second-order valence-corrected chi connectivity index (χ2v) is 11.3. The van der Waals surface area contributed by atoms with Gasteiger partial charge in [0.1, 0.15) is 17.5 Å². The number of carbonyl (C=O) groups is 1. The Balaban J connectivity index is 1.21. The van der Waals surface area contributed by atoms with Crippen LogP contribution in [0.15, 0.2) is 48.8 Å². The van der Waals surface area contributed by atoms with Crippen molar-refractivity contribution in [2.75, 3.05) is 12.3 Å². The summed E-state index contributed by atoms with van der Waals surface area (Å²) in [7, 11) is 0. The van der Waals surface area contributed by atoms with E-state index >= 15 is 4.39 Å². The Bertz CT molecular complexity index is 1710. The first-order chi connectivity index (χ1) is 20.4. The van der Waals surface area contributed by atoms with Gasteiger partial charge in [-0.2, -0.15) is 9.49 Å². The molecule has 3 N–H and O–H groups in total. The summed E-state index contributed by atoms with van der Waals surface area (Å²) in [5.74, 6) is -0.867. The lowest BCUT2D eigenvalue weighted by molar-refractivity contribution is -0.129. The molecule has 9 nitrogen and oxygen atoms in total. The molecule has 3 aliphatic rings. The monoisotopic (exact) mass is 591 g/mol. The summed E-state index contributed by atoms with van der Waals surface area (Å²) < 4.78 is 38.0. The lowest BCUT2D eigenvalue weighted by Crippen LogP contribution is -2.39. The van der Waals surface area contributed by atoms with Crippen LogP contribution < -0.4 is 5.73 Å². The molecule has 2 fully saturated rings. The number of nitrogens with one attached hydrogen (secondary N) is 1. The lowest BCUT2D eigenvalue weighted by atomic mass is 9.89. The Morgan fingerprint density at radius 1 is 1.07 bits per heavy atom. The number of hydrogen-bond acceptors (Lipinski definition) is 6. The van der Waals surface area contributed by atoms with Gasteiger partial charge in [0.25, 0.3) is 0 Å². The van der Waals surface area contributed by atoms with Gasteiger partial charge in [-0.3, -0.25) is 4.79 Å². The number of nitrogen functional groups attached to an aromatic ring is 1. The molecule has 0 radical (unpaired) electrons. The number of aromatic amines is 1. The van der Waals surface area contributed by atoms with E-state index in [9.17, 15) is 9.18 Å². The first-order valence-electron chi connectivity index (χ1n) is 14.0. The zero-order chi connectivity index (χ0) is 29.0. The van der Waals surface area contributed by atoms with Gasteiger partial charge < -0.3 is 20.4 Å². The van der Waals surface area contributed by atoms with Crippen LogP contribution in [0.5, 0.6) is 0 Å². The van der Waals surface area contributed by atoms with Gasteiger partial charge in [0.15, 0.2) is 6.23 Å². The van der Waals surface area contributed by atoms with E-state index in [-0.39, 0.29) is 40.6 Å². The maximum absolute atomic E-state index is 15.8. The van der Waals surface area contributed by atoms with Gasteiger partial charge in [0, 0.05) is 36.0 Å². The highest BCUT2D eigenvalue weighted by molar-refractivity contribution is 6.31. The van der Waals surface area contributed by atoms with Crippen molar-refractivity contribution < 1.29 is 18.3 Å². The minimum atomic E-state index is -0.702. The smallest absolute Gasteiger partial charge is 0.247 e. The van der Waals surface area contributed by atoms with Crippen molar-refractivity contribution in [3.8, 4) is 22.5 Å². The Labute approximate surface area is 245 Å². The molecule has 0 aliphatic carbocycles. The number of H-pyrrole nitrogens is 1. The number of carbonyl (C=O) groups excluding carboxylic acids is 1. The highest BCUT2D eigenvalue weighted by Crippen LogP contribution is 2.45. The number of hydrogen-bond donors (Lipinski definition) is 2. The first kappa shape index (κ1) is 26.8. The van der Waals surface area contributed by atoms with E-state index in [1.165, 1.54) is 30.5 Å². The molecular formula is C30H28ClF2N7O2. The quantitative estimate of drug-likeness (QED) is 0.272. The molecule has 0 bridgehead atoms. The third kappa shape index (κ3) is 4.57. The van der Waals surface area contributed by atoms with E-state index < -0.39 is 11.8 Å². The van der Waals surface area contributed by atoms with Crippen LogP contribution in [0, 0.1) is 11.8 Å². The van der Waals surface area contributed by atoms with Crippen LogP contribution in [0.1, 0.15) is 62.2 Å². The Morgan fingerprint density at radius 2 is 1.93 bits per heavy atom. The lowest BCUT2D eigenvalue weighted by Gasteiger charge is -2.33. The van der Waals surface area contributed by atoms with Crippen LogP contribution in [-0.2, 0) is 9.53 Å². The van der Waals surface area contributed by atoms with Gasteiger partial charge in [-0.25, -0.2) is 19.0 Å². The minimum Gasteiger partial charge on any atom is -0.384 e. The van der Waals surface area contributed by atoms with Gasteiger partial charge in [0.05, 0.1) is 34.2 Å². The molecule has 3 aromatic heterocycles. The number of imidazole rings is 1. The maximum Gasteiger partial charge on any atom is 0.247 e. The molecular weight excluding hydrogens is 564 g/mol. The molecule has 0 saturated carbocycles. The van der Waals surface area contributed by atoms with Crippen LogP contribution in [0.3, 0.4) is 0 Å². The zero-order valence-corrected chi connectivity index (χ0v) is 23.3. The largest absolute Gasteiger partial charge is 0.384 e. The van der Waals surface area contributed by atoms with E-state index in [0.717, 1.165) is 19.3 Å². The second-order valence-electron chi connectivity index (χ2n) is 10.9. The average molecular weight is 592 g/mol. The van der Waals surface area contributed by atoms with E-state index in [1.807, 2.05) is 6.07 Å². The van der Waals surface area contributed by atoms with Gasteiger partial charge in [-0.05, 0) is 68.4 Å². The van der Waals surface area contributed by atoms with Crippen molar-refractivity contribution in [3.63, 3.8) is 0 Å². The summed E-state index contributed by atoms with van der Waals surface area (Å²) >= 11 is 6.28. The summed E-state index contributed by atoms with van der Waals surface area (Å²) in [5, 5.41) is 4.48. The van der Waals surface area contributed by atoms with Crippen molar-refractivity contribution >= 4 is 28.9 Å². The van der Waals surface area contributed by atoms with Crippen LogP contribution in [0.25, 0.3) is 28.1 Å². The van der Waals surface area contributed by atoms with E-state index in [2.05, 4.69) is 20.1 Å². The number of amides is 1. The molecule has 3 atom stereocenters. The number of nitrogens with two attached hydrogens (primary N) is 1. The number of benzene rings is 1. The maximum atomic E-state index is 15.8. The topological polar surface area (TPSA) is 115 Å². The van der Waals surface area contributed by atoms with E-state index in [0.29, 0.717) is 59.8 Å². The molecule has 1 amide bonds. The number of anilines is 1. The van der Waals surface area contributed by atoms with Gasteiger partial charge in [0.2, 0.25) is 11.9 Å². The molecule has 12 heteroatoms. The summed E-state index contributed by atoms with van der Waals surface area (Å²) in [6.07, 6.45) is 9.11. The normalized spacial score (nSPS) is 22.4. The number of halogens is 3. The van der Waals surface area contributed by atoms with Gasteiger partial charge in [-0.15, -0.1) is 0 Å². The summed E-state index contributed by atoms with van der Waals surface area (Å²) in [6, 6.07) is 7.71. The van der Waals surface area contributed by atoms with Crippen LogP contribution in [0.2, 0.25) is 5.02 Å². The predicted octanol–water partition coefficient (Wildman–Crippen LogP) is 6.07. The molecule has 0 spiro atoms. The summed E-state index contributed by atoms with van der Waals surface area (Å²) in [4.78, 5) is 26.8. The zero-order valence-electron chi connectivity index (χ0n) is 22.6. The van der Waals surface area contributed by atoms with Crippen molar-refractivity contribution in [2.24, 2.45) is 0 Å². The molecule has 7 rings (SSSR count). The number of pyridine rings is 1. The number of nitrogens with zero attached hydrogens (tertiary/aromatic N) is 5. The van der Waals surface area contributed by atoms with Crippen molar-refractivity contribution in [1.82, 2.24) is 29.6 Å². The fraction of sp³-hybridized carbons (Fsp3) is 0.333. The van der Waals surface area contributed by atoms with Crippen LogP contribution in [-0.4, -0.2) is 48.2 Å². The standard InChI is InChI=1S/C30H28ClF2N7O2/c31-20-7-5-19(22-10-11-36-40(22)26-3-1-2-12-42-26)27(28(20)32)16-13-17-4-8-23(39(17)25(41)14-16)30-35-15-21(37-30)18-6-9-24(34)38-29(18)33/h5-7,9-11,14-15,17,23,26H,1-4,8,12-13H2,(H2,34,38)(H,35,37)/t17?,23-,26?/m0/s1. The van der Waals surface area contributed by atoms with Crippen molar-refractivity contribution in [3.05, 3.63) is 77.0 Å². The molecule has 6 heterocycles. The molecule has 2 saturated heterocycles. The molecule has 216 valence electrons. The fourth-order valence-electron chi connectivity index (χ4n) is 6.44. The van der Waals surface area contributed by atoms with E-state index in [4.69, 9.17) is 22.1 Å². The highest BCUT2D eigenvalue weighted by Gasteiger charge is 2.42. The fourth-order valence-corrected chi connectivity index (χ4v) is 6.60. The molecule has 4 aromatic rings. The summed E-state index contributed by atoms with van der Waals surface area (Å²) in [5.41, 5.74) is 8.49. The summed E-state index contributed by atoms with van der Waals surface area (Å²) in [6.45, 7) is 0.646. The predicted molar refractivity (Wildman–Crippen MR) is 153 cm³/mol. The van der Waals surface area contributed by atoms with Crippen LogP contribution in [0.4, 0.5) is 14.6 Å². The SMILES string of the molecule is Nc1ccc(-c2cnc([C@@H]3CCC4CC(c5c(-c6ccnn6C6CCCCO6)ccc(Cl)c5F)=CC(=O)N43)[nH]2)c(F)n1. The van der Waals surface area contributed by atoms with Crippen molar-refractivity contribution in [2.45, 2.75) is 56.8 Å². The average Bonchev–Trinajstić information content (AvgIpc) is 3.75. The molecule has 3 aliphatic heterocycles. The van der Waals surface area contributed by atoms with Crippen molar-refractivity contribution in [1.29, 1.82) is 0 Å². The molecule has 1 aromatic carbocycles. The Morgan fingerprint density at radius 3 is 2.74 bits per heavy atom. The highest BCUT2D eigenvalue weighted by atomic mass is 35.5. The third-order valence-electron chi connectivity index (χ3n) is 8.37. The number of rotatable bonds is 5. The number of fused-ring (bicyclic) bond motifs is 1.